The van der Waals surface area contributed by atoms with Crippen LogP contribution in [0.25, 0.3) is 15.7 Å². The van der Waals surface area contributed by atoms with Crippen molar-refractivity contribution in [2.24, 2.45) is 5.41 Å². The lowest BCUT2D eigenvalue weighted by Gasteiger charge is -2.54. The lowest BCUT2D eigenvalue weighted by Crippen LogP contribution is -2.62. The topological polar surface area (TPSA) is 122 Å². The first-order chi connectivity index (χ1) is 16.7. The van der Waals surface area contributed by atoms with E-state index in [-0.39, 0.29) is 34.5 Å². The number of fused-ring (bicyclic) bond motifs is 1. The van der Waals surface area contributed by atoms with E-state index in [1.54, 1.807) is 0 Å². The van der Waals surface area contributed by atoms with Crippen LogP contribution in [0.2, 0.25) is 0 Å². The number of nitrogens with one attached hydrogen (secondary N) is 1. The van der Waals surface area contributed by atoms with E-state index in [1.807, 2.05) is 6.07 Å². The summed E-state index contributed by atoms with van der Waals surface area (Å²) < 4.78 is 50.8. The number of anilines is 1. The van der Waals surface area contributed by atoms with Crippen LogP contribution in [0.15, 0.2) is 41.5 Å². The minimum atomic E-state index is -3.93. The number of benzene rings is 2. The predicted octanol–water partition coefficient (Wildman–Crippen LogP) is 3.22. The van der Waals surface area contributed by atoms with Gasteiger partial charge in [0.1, 0.15) is 23.7 Å². The number of hydrogen-bond donors (Lipinski definition) is 1. The number of halogens is 1. The van der Waals surface area contributed by atoms with Crippen LogP contribution in [0.4, 0.5) is 10.1 Å². The van der Waals surface area contributed by atoms with Gasteiger partial charge >= 0.3 is 10.2 Å². The Bertz CT molecular complexity index is 1590. The molecular weight excluding hydrogens is 475 g/mol. The number of aromatic nitrogens is 2. The van der Waals surface area contributed by atoms with Crippen molar-refractivity contribution in [3.8, 4) is 17.6 Å². The maximum Gasteiger partial charge on any atom is 0.301 e. The third-order valence-corrected chi connectivity index (χ3v) is 7.89. The summed E-state index contributed by atoms with van der Waals surface area (Å²) >= 11 is 0. The van der Waals surface area contributed by atoms with Crippen LogP contribution in [0.5, 0.6) is 11.5 Å². The highest BCUT2D eigenvalue weighted by molar-refractivity contribution is 7.90. The van der Waals surface area contributed by atoms with Crippen molar-refractivity contribution in [3.05, 3.63) is 69.8 Å². The van der Waals surface area contributed by atoms with Crippen molar-refractivity contribution in [3.63, 3.8) is 0 Å². The van der Waals surface area contributed by atoms with E-state index in [0.29, 0.717) is 18.6 Å². The summed E-state index contributed by atoms with van der Waals surface area (Å²) in [6.07, 6.45) is 4.36. The number of nitrogens with zero attached hydrogens (tertiary/aromatic N) is 5. The first-order valence-electron chi connectivity index (χ1n) is 10.8. The summed E-state index contributed by atoms with van der Waals surface area (Å²) in [6.45, 7) is 7.58. The molecule has 0 radical (unpaired) electrons. The fourth-order valence-electron chi connectivity index (χ4n) is 4.42. The second-order valence-corrected chi connectivity index (χ2v) is 10.4. The molecule has 1 aliphatic carbocycles. The molecule has 178 valence electrons. The zero-order valence-electron chi connectivity index (χ0n) is 18.4. The maximum absolute atomic E-state index is 14.7. The molecule has 5 rings (SSSR count). The average Bonchev–Trinajstić information content (AvgIpc) is 2.76. The van der Waals surface area contributed by atoms with Gasteiger partial charge in [-0.2, -0.15) is 18.0 Å². The fraction of sp³-hybridized carbons (Fsp3) is 0.304. The van der Waals surface area contributed by atoms with E-state index >= 15 is 0 Å². The van der Waals surface area contributed by atoms with Gasteiger partial charge in [-0.05, 0) is 48.6 Å². The normalized spacial score (nSPS) is 16.7. The molecule has 0 atom stereocenters. The van der Waals surface area contributed by atoms with Crippen molar-refractivity contribution < 1.29 is 17.5 Å². The van der Waals surface area contributed by atoms with Crippen molar-refractivity contribution in [2.75, 3.05) is 17.8 Å². The smallest absolute Gasteiger partial charge is 0.301 e. The van der Waals surface area contributed by atoms with Gasteiger partial charge in [0.15, 0.2) is 11.6 Å². The van der Waals surface area contributed by atoms with Gasteiger partial charge in [-0.3, -0.25) is 14.4 Å². The second kappa shape index (κ2) is 8.34. The molecule has 0 unspecified atom stereocenters. The Labute approximate surface area is 200 Å². The molecule has 2 aromatic carbocycles. The van der Waals surface area contributed by atoms with E-state index in [9.17, 15) is 22.9 Å². The van der Waals surface area contributed by atoms with E-state index < -0.39 is 27.3 Å². The highest BCUT2D eigenvalue weighted by Crippen LogP contribution is 2.49. The number of hydrogen-bond acceptors (Lipinski definition) is 6. The molecule has 1 aromatic heterocycles. The summed E-state index contributed by atoms with van der Waals surface area (Å²) in [4.78, 5) is 19.9. The Morgan fingerprint density at radius 3 is 2.71 bits per heavy atom. The van der Waals surface area contributed by atoms with Crippen LogP contribution in [0.3, 0.4) is 0 Å². The minimum absolute atomic E-state index is 0.0436. The lowest BCUT2D eigenvalue weighted by atomic mass is 9.65. The van der Waals surface area contributed by atoms with Crippen molar-refractivity contribution in [1.82, 2.24) is 13.9 Å². The fourth-order valence-corrected chi connectivity index (χ4v) is 5.88. The molecule has 2 heterocycles. The Kier molecular flexibility index (Phi) is 5.43. The molecule has 1 aliphatic heterocycles. The molecule has 1 spiro atoms. The van der Waals surface area contributed by atoms with Gasteiger partial charge in [0.25, 0.3) is 12.2 Å². The van der Waals surface area contributed by atoms with Crippen molar-refractivity contribution in [1.29, 1.82) is 5.26 Å². The molecule has 3 aromatic rings. The SMILES string of the molecule is [C-]#[N+]Cn1cnc2ccc(Oc3c(F)ccc(NS(=O)(=O)N4CC5(CCC5)C4)c3C#N)cc2c1=O. The summed E-state index contributed by atoms with van der Waals surface area (Å²) in [5.41, 5.74) is -0.491. The van der Waals surface area contributed by atoms with Gasteiger partial charge in [0.2, 0.25) is 0 Å². The summed E-state index contributed by atoms with van der Waals surface area (Å²) in [6, 6.07) is 8.26. The first kappa shape index (κ1) is 22.8. The largest absolute Gasteiger partial charge is 0.453 e. The Morgan fingerprint density at radius 2 is 2.06 bits per heavy atom. The summed E-state index contributed by atoms with van der Waals surface area (Å²) in [5, 5.41) is 9.86. The summed E-state index contributed by atoms with van der Waals surface area (Å²) in [5.74, 6) is -1.31. The zero-order valence-corrected chi connectivity index (χ0v) is 19.2. The first-order valence-corrected chi connectivity index (χ1v) is 12.2. The molecule has 0 bridgehead atoms. The van der Waals surface area contributed by atoms with Gasteiger partial charge in [-0.15, -0.1) is 0 Å². The highest BCUT2D eigenvalue weighted by Gasteiger charge is 2.51. The molecule has 2 aliphatic rings. The quantitative estimate of drug-likeness (QED) is 0.525. The molecule has 35 heavy (non-hydrogen) atoms. The van der Waals surface area contributed by atoms with Gasteiger partial charge in [-0.1, -0.05) is 6.42 Å². The third-order valence-electron chi connectivity index (χ3n) is 6.48. The number of ether oxygens (including phenoxy) is 1. The number of nitriles is 1. The highest BCUT2D eigenvalue weighted by atomic mass is 32.2. The molecular formula is C23H19FN6O4S. The Hall–Kier alpha value is -4.00. The Balaban J connectivity index is 1.45. The molecule has 10 nitrogen and oxygen atoms in total. The minimum Gasteiger partial charge on any atom is -0.453 e. The molecule has 1 saturated carbocycles. The molecule has 12 heteroatoms. The van der Waals surface area contributed by atoms with E-state index in [2.05, 4.69) is 14.6 Å². The third kappa shape index (κ3) is 3.97. The standard InChI is InChI=1S/C23H19FN6O4S/c1-26-13-29-14-27-19-5-3-15(9-16(19)22(29)31)34-21-17(10-25)20(6-4-18(21)24)28-35(32,33)30-11-23(12-30)7-2-8-23/h3-6,9,14,28H,2,7-8,11-13H2. The molecule has 1 N–H and O–H groups in total. The van der Waals surface area contributed by atoms with Crippen molar-refractivity contribution in [2.45, 2.75) is 25.9 Å². The second-order valence-electron chi connectivity index (χ2n) is 8.74. The van der Waals surface area contributed by atoms with E-state index in [0.717, 1.165) is 29.9 Å². The van der Waals surface area contributed by atoms with E-state index in [4.69, 9.17) is 11.3 Å². The molecule has 1 saturated heterocycles. The number of rotatable bonds is 6. The Morgan fingerprint density at radius 1 is 1.29 bits per heavy atom. The van der Waals surface area contributed by atoms with Crippen molar-refractivity contribution >= 4 is 26.8 Å². The van der Waals surface area contributed by atoms with Gasteiger partial charge in [0, 0.05) is 13.1 Å². The molecule has 0 amide bonds. The van der Waals surface area contributed by atoms with E-state index in [1.165, 1.54) is 34.9 Å². The van der Waals surface area contributed by atoms with Gasteiger partial charge < -0.3 is 4.74 Å². The van der Waals surface area contributed by atoms with Gasteiger partial charge in [0.05, 0.1) is 16.6 Å². The average molecular weight is 495 g/mol. The lowest BCUT2D eigenvalue weighted by molar-refractivity contribution is -0.00752. The maximum atomic E-state index is 14.7. The van der Waals surface area contributed by atoms with Crippen LogP contribution >= 0.6 is 0 Å². The summed E-state index contributed by atoms with van der Waals surface area (Å²) in [7, 11) is -3.93. The monoisotopic (exact) mass is 494 g/mol. The van der Waals surface area contributed by atoms with Crippen LogP contribution in [0, 0.1) is 29.1 Å². The van der Waals surface area contributed by atoms with Crippen LogP contribution in [-0.4, -0.2) is 35.4 Å². The van der Waals surface area contributed by atoms with Crippen LogP contribution in [0.1, 0.15) is 24.8 Å². The molecule has 2 fully saturated rings. The van der Waals surface area contributed by atoms with Crippen LogP contribution in [-0.2, 0) is 16.9 Å². The zero-order chi connectivity index (χ0) is 24.8. The van der Waals surface area contributed by atoms with Gasteiger partial charge in [-0.25, -0.2) is 20.5 Å². The van der Waals surface area contributed by atoms with Crippen LogP contribution < -0.4 is 15.0 Å². The predicted molar refractivity (Wildman–Crippen MR) is 124 cm³/mol.